The largest absolute Gasteiger partial charge is 0.340 e. The molecule has 0 unspecified atom stereocenters. The summed E-state index contributed by atoms with van der Waals surface area (Å²) in [5.41, 5.74) is 0. The normalized spacial score (nSPS) is 17.7. The molecule has 1 fully saturated rings. The molecule has 1 aromatic heterocycles. The number of hydrogen-bond acceptors (Lipinski definition) is 4. The second-order valence-corrected chi connectivity index (χ2v) is 7.12. The van der Waals surface area contributed by atoms with Gasteiger partial charge < -0.3 is 9.88 Å². The molecule has 112 valence electrons. The first kappa shape index (κ1) is 15.0. The predicted octanol–water partition coefficient (Wildman–Crippen LogP) is 0.207. The average molecular weight is 300 g/mol. The average Bonchev–Trinajstić information content (AvgIpc) is 2.85. The Morgan fingerprint density at radius 3 is 2.35 bits per heavy atom. The first-order valence-electron chi connectivity index (χ1n) is 6.63. The molecule has 2 rings (SSSR count). The van der Waals surface area contributed by atoms with Crippen molar-refractivity contribution in [2.75, 3.05) is 26.2 Å². The van der Waals surface area contributed by atoms with Gasteiger partial charge in [0, 0.05) is 32.1 Å². The molecule has 7 nitrogen and oxygen atoms in total. The van der Waals surface area contributed by atoms with E-state index in [0.29, 0.717) is 32.0 Å². The van der Waals surface area contributed by atoms with Crippen LogP contribution in [0.3, 0.4) is 0 Å². The first-order chi connectivity index (χ1) is 9.32. The van der Waals surface area contributed by atoms with Gasteiger partial charge >= 0.3 is 0 Å². The van der Waals surface area contributed by atoms with Crippen LogP contribution < -0.4 is 0 Å². The van der Waals surface area contributed by atoms with Crippen LogP contribution in [0.15, 0.2) is 11.2 Å². The van der Waals surface area contributed by atoms with Gasteiger partial charge in [0.05, 0.1) is 6.20 Å². The molecule has 1 amide bonds. The van der Waals surface area contributed by atoms with Crippen LogP contribution in [0.1, 0.15) is 19.7 Å². The summed E-state index contributed by atoms with van der Waals surface area (Å²) in [6.07, 6.45) is 1.33. The van der Waals surface area contributed by atoms with Crippen LogP contribution in [0, 0.1) is 12.8 Å². The molecule has 0 saturated carbocycles. The monoisotopic (exact) mass is 300 g/mol. The summed E-state index contributed by atoms with van der Waals surface area (Å²) in [5.74, 6) is 0.574. The molecular weight excluding hydrogens is 280 g/mol. The lowest BCUT2D eigenvalue weighted by atomic mass is 10.2. The molecule has 2 heterocycles. The summed E-state index contributed by atoms with van der Waals surface area (Å²) >= 11 is 0. The molecule has 20 heavy (non-hydrogen) atoms. The highest BCUT2D eigenvalue weighted by atomic mass is 32.2. The molecule has 0 aromatic carbocycles. The molecule has 1 N–H and O–H groups in total. The molecule has 0 aliphatic carbocycles. The number of nitrogens with zero attached hydrogens (tertiary/aromatic N) is 3. The number of nitrogens with one attached hydrogen (secondary N) is 1. The molecule has 1 saturated heterocycles. The quantitative estimate of drug-likeness (QED) is 0.864. The summed E-state index contributed by atoms with van der Waals surface area (Å²) in [7, 11) is -3.53. The topological polar surface area (TPSA) is 86.4 Å². The van der Waals surface area contributed by atoms with Gasteiger partial charge in [0.2, 0.25) is 5.91 Å². The number of amides is 1. The van der Waals surface area contributed by atoms with Gasteiger partial charge in [-0.15, -0.1) is 0 Å². The van der Waals surface area contributed by atoms with Gasteiger partial charge in [-0.2, -0.15) is 4.31 Å². The smallest absolute Gasteiger partial charge is 0.260 e. The number of carbonyl (C=O) groups is 1. The Morgan fingerprint density at radius 2 is 1.90 bits per heavy atom. The number of sulfonamides is 1. The van der Waals surface area contributed by atoms with Crippen LogP contribution in [0.2, 0.25) is 0 Å². The van der Waals surface area contributed by atoms with Crippen molar-refractivity contribution in [3.05, 3.63) is 12.0 Å². The number of aromatic amines is 1. The molecule has 8 heteroatoms. The van der Waals surface area contributed by atoms with E-state index in [1.807, 2.05) is 13.8 Å². The Morgan fingerprint density at radius 1 is 1.30 bits per heavy atom. The summed E-state index contributed by atoms with van der Waals surface area (Å²) in [6, 6.07) is 0. The fourth-order valence-corrected chi connectivity index (χ4v) is 3.57. The number of aromatic nitrogens is 2. The van der Waals surface area contributed by atoms with Crippen LogP contribution in [0.25, 0.3) is 0 Å². The fourth-order valence-electron chi connectivity index (χ4n) is 2.18. The molecule has 1 aliphatic heterocycles. The minimum absolute atomic E-state index is 0.0617. The lowest BCUT2D eigenvalue weighted by Gasteiger charge is -2.34. The van der Waals surface area contributed by atoms with Gasteiger partial charge in [0.1, 0.15) is 5.82 Å². The zero-order valence-electron chi connectivity index (χ0n) is 12.0. The highest BCUT2D eigenvalue weighted by molar-refractivity contribution is 7.89. The van der Waals surface area contributed by atoms with Crippen molar-refractivity contribution in [2.45, 2.75) is 25.8 Å². The van der Waals surface area contributed by atoms with E-state index in [0.717, 1.165) is 0 Å². The number of hydrogen-bond donors (Lipinski definition) is 1. The van der Waals surface area contributed by atoms with Crippen LogP contribution in [0.5, 0.6) is 0 Å². The molecule has 1 aromatic rings. The molecule has 1 aliphatic rings. The van der Waals surface area contributed by atoms with Gasteiger partial charge in [0.15, 0.2) is 5.03 Å². The van der Waals surface area contributed by atoms with Crippen molar-refractivity contribution < 1.29 is 13.2 Å². The Balaban J connectivity index is 2.05. The summed E-state index contributed by atoms with van der Waals surface area (Å²) < 4.78 is 26.1. The van der Waals surface area contributed by atoms with Gasteiger partial charge in [-0.3, -0.25) is 4.79 Å². The van der Waals surface area contributed by atoms with Crippen LogP contribution in [-0.4, -0.2) is 59.7 Å². The van der Waals surface area contributed by atoms with E-state index in [1.165, 1.54) is 10.5 Å². The minimum atomic E-state index is -3.53. The molecular formula is C12H20N4O3S. The second-order valence-electron chi connectivity index (χ2n) is 5.22. The van der Waals surface area contributed by atoms with E-state index in [1.54, 1.807) is 11.8 Å². The van der Waals surface area contributed by atoms with E-state index in [9.17, 15) is 13.2 Å². The Labute approximate surface area is 119 Å². The van der Waals surface area contributed by atoms with Crippen LogP contribution >= 0.6 is 0 Å². The number of carbonyl (C=O) groups excluding carboxylic acids is 1. The lowest BCUT2D eigenvalue weighted by molar-refractivity contribution is -0.135. The zero-order chi connectivity index (χ0) is 14.9. The van der Waals surface area contributed by atoms with E-state index in [2.05, 4.69) is 9.97 Å². The van der Waals surface area contributed by atoms with E-state index in [-0.39, 0.29) is 16.9 Å². The van der Waals surface area contributed by atoms with E-state index in [4.69, 9.17) is 0 Å². The van der Waals surface area contributed by atoms with Crippen molar-refractivity contribution in [1.82, 2.24) is 19.2 Å². The van der Waals surface area contributed by atoms with E-state index >= 15 is 0 Å². The van der Waals surface area contributed by atoms with Crippen LogP contribution in [0.4, 0.5) is 0 Å². The Kier molecular flexibility index (Phi) is 4.14. The van der Waals surface area contributed by atoms with Gasteiger partial charge in [0.25, 0.3) is 10.0 Å². The summed E-state index contributed by atoms with van der Waals surface area (Å²) in [4.78, 5) is 20.2. The molecule has 0 spiro atoms. The molecule has 0 radical (unpaired) electrons. The Hall–Kier alpha value is -1.41. The number of H-pyrrole nitrogens is 1. The number of rotatable bonds is 3. The second kappa shape index (κ2) is 5.53. The van der Waals surface area contributed by atoms with Crippen molar-refractivity contribution in [1.29, 1.82) is 0 Å². The van der Waals surface area contributed by atoms with Gasteiger partial charge in [-0.05, 0) is 6.92 Å². The van der Waals surface area contributed by atoms with Gasteiger partial charge in [-0.1, -0.05) is 13.8 Å². The zero-order valence-corrected chi connectivity index (χ0v) is 12.8. The lowest BCUT2D eigenvalue weighted by Crippen LogP contribution is -2.51. The maximum Gasteiger partial charge on any atom is 0.260 e. The van der Waals surface area contributed by atoms with Crippen molar-refractivity contribution in [3.8, 4) is 0 Å². The third-order valence-electron chi connectivity index (χ3n) is 3.34. The summed E-state index contributed by atoms with van der Waals surface area (Å²) in [6.45, 7) is 6.90. The highest BCUT2D eigenvalue weighted by Crippen LogP contribution is 2.16. The van der Waals surface area contributed by atoms with E-state index < -0.39 is 10.0 Å². The predicted molar refractivity (Wildman–Crippen MR) is 73.5 cm³/mol. The maximum absolute atomic E-state index is 12.4. The van der Waals surface area contributed by atoms with Gasteiger partial charge in [-0.25, -0.2) is 13.4 Å². The molecule has 0 bridgehead atoms. The fraction of sp³-hybridized carbons (Fsp3) is 0.667. The number of piperazine rings is 1. The van der Waals surface area contributed by atoms with Crippen molar-refractivity contribution in [3.63, 3.8) is 0 Å². The third kappa shape index (κ3) is 2.85. The van der Waals surface area contributed by atoms with Crippen LogP contribution in [-0.2, 0) is 14.8 Å². The highest BCUT2D eigenvalue weighted by Gasteiger charge is 2.31. The maximum atomic E-state index is 12.4. The SMILES string of the molecule is Cc1ncc(S(=O)(=O)N2CCN(C(=O)C(C)C)CC2)[nH]1. The molecule has 0 atom stereocenters. The number of imidazole rings is 1. The van der Waals surface area contributed by atoms with Crippen molar-refractivity contribution >= 4 is 15.9 Å². The first-order valence-corrected chi connectivity index (χ1v) is 8.07. The third-order valence-corrected chi connectivity index (χ3v) is 5.15. The number of aryl methyl sites for hydroxylation is 1. The van der Waals surface area contributed by atoms with Crippen molar-refractivity contribution in [2.24, 2.45) is 5.92 Å². The standard InChI is InChI=1S/C12H20N4O3S/c1-9(2)12(17)15-4-6-16(7-5-15)20(18,19)11-8-13-10(3)14-11/h8-9H,4-7H2,1-3H3,(H,13,14). The summed E-state index contributed by atoms with van der Waals surface area (Å²) in [5, 5.41) is 0.110. The Bertz CT molecular complexity index is 586. The minimum Gasteiger partial charge on any atom is -0.340 e.